The zero-order valence-electron chi connectivity index (χ0n) is 12.0. The van der Waals surface area contributed by atoms with Crippen LogP contribution >= 0.6 is 0 Å². The molecule has 1 aromatic carbocycles. The van der Waals surface area contributed by atoms with Crippen LogP contribution in [0.25, 0.3) is 0 Å². The minimum atomic E-state index is -0.218. The fourth-order valence-corrected chi connectivity index (χ4v) is 2.57. The van der Waals surface area contributed by atoms with E-state index in [9.17, 15) is 4.39 Å². The van der Waals surface area contributed by atoms with Crippen molar-refractivity contribution in [3.63, 3.8) is 0 Å². The average Bonchev–Trinajstić information content (AvgIpc) is 2.48. The molecule has 2 rings (SSSR count). The van der Waals surface area contributed by atoms with Gasteiger partial charge in [-0.15, -0.1) is 0 Å². The second kappa shape index (κ2) is 7.24. The quantitative estimate of drug-likeness (QED) is 0.386. The highest BCUT2D eigenvalue weighted by Crippen LogP contribution is 2.20. The summed E-state index contributed by atoms with van der Waals surface area (Å²) in [5.41, 5.74) is 3.71. The van der Waals surface area contributed by atoms with Crippen molar-refractivity contribution in [2.75, 3.05) is 7.05 Å². The van der Waals surface area contributed by atoms with E-state index in [0.29, 0.717) is 18.5 Å². The number of halogens is 1. The van der Waals surface area contributed by atoms with Gasteiger partial charge in [0.15, 0.2) is 0 Å². The summed E-state index contributed by atoms with van der Waals surface area (Å²) < 4.78 is 12.9. The standard InChI is InChI=1S/C15H23FN4/c1-20(11-12-7-9-13(16)10-8-12)15(19-17)18-14-5-3-2-4-6-14/h7-10,14H,2-6,11,17H2,1H3,(H,18,19). The zero-order valence-corrected chi connectivity index (χ0v) is 12.0. The summed E-state index contributed by atoms with van der Waals surface area (Å²) in [6.45, 7) is 0.649. The maximum absolute atomic E-state index is 12.9. The lowest BCUT2D eigenvalue weighted by atomic mass is 9.96. The van der Waals surface area contributed by atoms with Crippen molar-refractivity contribution in [2.45, 2.75) is 44.7 Å². The first kappa shape index (κ1) is 14.8. The van der Waals surface area contributed by atoms with Crippen molar-refractivity contribution in [2.24, 2.45) is 10.8 Å². The zero-order chi connectivity index (χ0) is 14.4. The van der Waals surface area contributed by atoms with Crippen LogP contribution in [0.1, 0.15) is 37.7 Å². The van der Waals surface area contributed by atoms with Crippen LogP contribution in [0.4, 0.5) is 4.39 Å². The van der Waals surface area contributed by atoms with Crippen molar-refractivity contribution in [1.29, 1.82) is 0 Å². The molecule has 0 amide bonds. The summed E-state index contributed by atoms with van der Waals surface area (Å²) in [6.07, 6.45) is 6.06. The fourth-order valence-electron chi connectivity index (χ4n) is 2.57. The second-order valence-electron chi connectivity index (χ2n) is 5.37. The highest BCUT2D eigenvalue weighted by atomic mass is 19.1. The van der Waals surface area contributed by atoms with Crippen molar-refractivity contribution in [3.8, 4) is 0 Å². The molecule has 0 bridgehead atoms. The summed E-state index contributed by atoms with van der Waals surface area (Å²) in [5, 5.41) is 0. The van der Waals surface area contributed by atoms with Crippen LogP contribution in [0.3, 0.4) is 0 Å². The van der Waals surface area contributed by atoms with Gasteiger partial charge in [0.05, 0.1) is 6.04 Å². The number of benzene rings is 1. The van der Waals surface area contributed by atoms with Gasteiger partial charge in [-0.25, -0.2) is 15.2 Å². The van der Waals surface area contributed by atoms with Crippen LogP contribution in [-0.2, 0) is 6.54 Å². The molecule has 4 nitrogen and oxygen atoms in total. The van der Waals surface area contributed by atoms with Gasteiger partial charge < -0.3 is 4.90 Å². The first-order valence-electron chi connectivity index (χ1n) is 7.19. The van der Waals surface area contributed by atoms with Gasteiger partial charge in [0.1, 0.15) is 5.82 Å². The van der Waals surface area contributed by atoms with Gasteiger partial charge in [0.25, 0.3) is 0 Å². The third kappa shape index (κ3) is 4.20. The molecule has 0 unspecified atom stereocenters. The van der Waals surface area contributed by atoms with E-state index in [1.54, 1.807) is 12.1 Å². The molecule has 20 heavy (non-hydrogen) atoms. The summed E-state index contributed by atoms with van der Waals surface area (Å²) in [7, 11) is 1.94. The molecule has 0 aromatic heterocycles. The molecule has 0 atom stereocenters. The van der Waals surface area contributed by atoms with Gasteiger partial charge in [-0.2, -0.15) is 0 Å². The highest BCUT2D eigenvalue weighted by Gasteiger charge is 2.14. The fraction of sp³-hybridized carbons (Fsp3) is 0.533. The van der Waals surface area contributed by atoms with Crippen molar-refractivity contribution in [1.82, 2.24) is 10.3 Å². The van der Waals surface area contributed by atoms with E-state index >= 15 is 0 Å². The molecule has 1 aliphatic rings. The van der Waals surface area contributed by atoms with Crippen molar-refractivity contribution in [3.05, 3.63) is 35.6 Å². The Hall–Kier alpha value is -1.62. The van der Waals surface area contributed by atoms with E-state index < -0.39 is 0 Å². The highest BCUT2D eigenvalue weighted by molar-refractivity contribution is 5.79. The predicted octanol–water partition coefficient (Wildman–Crippen LogP) is 2.41. The number of hydrogen-bond donors (Lipinski definition) is 2. The molecule has 1 fully saturated rings. The lowest BCUT2D eigenvalue weighted by molar-refractivity contribution is 0.423. The number of nitrogens with one attached hydrogen (secondary N) is 1. The molecule has 0 saturated heterocycles. The largest absolute Gasteiger partial charge is 0.341 e. The van der Waals surface area contributed by atoms with E-state index in [1.165, 1.54) is 31.4 Å². The Balaban J connectivity index is 1.98. The molecular formula is C15H23FN4. The minimum absolute atomic E-state index is 0.218. The van der Waals surface area contributed by atoms with Gasteiger partial charge in [0, 0.05) is 13.6 Å². The van der Waals surface area contributed by atoms with Crippen molar-refractivity contribution < 1.29 is 4.39 Å². The first-order chi connectivity index (χ1) is 9.69. The monoisotopic (exact) mass is 278 g/mol. The maximum atomic E-state index is 12.9. The van der Waals surface area contributed by atoms with E-state index in [-0.39, 0.29) is 5.82 Å². The maximum Gasteiger partial charge on any atom is 0.208 e. The molecule has 1 aromatic rings. The lowest BCUT2D eigenvalue weighted by Gasteiger charge is -2.24. The third-order valence-corrected chi connectivity index (χ3v) is 3.70. The van der Waals surface area contributed by atoms with Crippen LogP contribution in [0.2, 0.25) is 0 Å². The van der Waals surface area contributed by atoms with Gasteiger partial charge in [0.2, 0.25) is 5.96 Å². The molecule has 110 valence electrons. The summed E-state index contributed by atoms with van der Waals surface area (Å²) in [6, 6.07) is 6.86. The van der Waals surface area contributed by atoms with Gasteiger partial charge >= 0.3 is 0 Å². The Kier molecular flexibility index (Phi) is 5.35. The van der Waals surface area contributed by atoms with E-state index in [2.05, 4.69) is 5.43 Å². The van der Waals surface area contributed by atoms with Gasteiger partial charge in [-0.05, 0) is 30.5 Å². The minimum Gasteiger partial charge on any atom is -0.341 e. The Morgan fingerprint density at radius 2 is 1.95 bits per heavy atom. The Bertz CT molecular complexity index is 438. The molecule has 1 saturated carbocycles. The van der Waals surface area contributed by atoms with E-state index in [1.807, 2.05) is 11.9 Å². The van der Waals surface area contributed by atoms with E-state index in [4.69, 9.17) is 10.8 Å². The third-order valence-electron chi connectivity index (χ3n) is 3.70. The van der Waals surface area contributed by atoms with Crippen LogP contribution in [0.5, 0.6) is 0 Å². The molecule has 1 aliphatic carbocycles. The number of nitrogens with zero attached hydrogens (tertiary/aromatic N) is 2. The SMILES string of the molecule is CN(Cc1ccc(F)cc1)C(=NC1CCCCC1)NN. The molecule has 5 heteroatoms. The number of aliphatic imine (C=N–C) groups is 1. The Morgan fingerprint density at radius 3 is 2.55 bits per heavy atom. The molecular weight excluding hydrogens is 255 g/mol. The van der Waals surface area contributed by atoms with Crippen LogP contribution in [-0.4, -0.2) is 23.9 Å². The van der Waals surface area contributed by atoms with Crippen LogP contribution in [0.15, 0.2) is 29.3 Å². The first-order valence-corrected chi connectivity index (χ1v) is 7.19. The normalized spacial score (nSPS) is 17.1. The Morgan fingerprint density at radius 1 is 1.30 bits per heavy atom. The number of rotatable bonds is 3. The smallest absolute Gasteiger partial charge is 0.208 e. The number of hydrogen-bond acceptors (Lipinski definition) is 2. The lowest BCUT2D eigenvalue weighted by Crippen LogP contribution is -2.43. The van der Waals surface area contributed by atoms with Gasteiger partial charge in [-0.3, -0.25) is 5.43 Å². The number of guanidine groups is 1. The topological polar surface area (TPSA) is 53.6 Å². The summed E-state index contributed by atoms with van der Waals surface area (Å²) >= 11 is 0. The second-order valence-corrected chi connectivity index (χ2v) is 5.37. The number of hydrazine groups is 1. The average molecular weight is 278 g/mol. The molecule has 0 spiro atoms. The van der Waals surface area contributed by atoms with Crippen LogP contribution < -0.4 is 11.3 Å². The molecule has 0 radical (unpaired) electrons. The summed E-state index contributed by atoms with van der Waals surface area (Å²) in [4.78, 5) is 6.66. The predicted molar refractivity (Wildman–Crippen MR) is 79.5 cm³/mol. The Labute approximate surface area is 119 Å². The molecule has 0 aliphatic heterocycles. The van der Waals surface area contributed by atoms with Crippen molar-refractivity contribution >= 4 is 5.96 Å². The van der Waals surface area contributed by atoms with Gasteiger partial charge in [-0.1, -0.05) is 31.4 Å². The van der Waals surface area contributed by atoms with Crippen LogP contribution in [0, 0.1) is 5.82 Å². The molecule has 3 N–H and O–H groups in total. The molecule has 0 heterocycles. The summed E-state index contributed by atoms with van der Waals surface area (Å²) in [5.74, 6) is 6.06. The number of nitrogens with two attached hydrogens (primary N) is 1. The van der Waals surface area contributed by atoms with E-state index in [0.717, 1.165) is 18.4 Å².